The minimum Gasteiger partial charge on any atom is -0.344 e. The number of aryl methyl sites for hydroxylation is 1. The first kappa shape index (κ1) is 15.7. The van der Waals surface area contributed by atoms with Crippen LogP contribution in [-0.4, -0.2) is 43.2 Å². The van der Waals surface area contributed by atoms with E-state index in [1.165, 1.54) is 24.2 Å². The maximum Gasteiger partial charge on any atom is 0.208 e. The Labute approximate surface area is 124 Å². The van der Waals surface area contributed by atoms with Crippen LogP contribution in [0.1, 0.15) is 38.4 Å². The van der Waals surface area contributed by atoms with Crippen molar-refractivity contribution in [2.45, 2.75) is 45.1 Å². The monoisotopic (exact) mass is 318 g/mol. The normalized spacial score (nSPS) is 20.3. The van der Waals surface area contributed by atoms with Gasteiger partial charge in [-0.15, -0.1) is 0 Å². The summed E-state index contributed by atoms with van der Waals surface area (Å²) in [6.07, 6.45) is 6.31. The van der Waals surface area contributed by atoms with E-state index in [2.05, 4.69) is 25.9 Å². The number of rotatable bonds is 6. The Kier molecular flexibility index (Phi) is 5.34. The molecule has 0 radical (unpaired) electrons. The Morgan fingerprint density at radius 2 is 2.25 bits per heavy atom. The van der Waals surface area contributed by atoms with Gasteiger partial charge in [0.15, 0.2) is 0 Å². The van der Waals surface area contributed by atoms with Gasteiger partial charge in [0.2, 0.25) is 15.2 Å². The number of hydrogen-bond acceptors (Lipinski definition) is 6. The van der Waals surface area contributed by atoms with Crippen LogP contribution < -0.4 is 9.62 Å². The Morgan fingerprint density at radius 3 is 2.90 bits per heavy atom. The standard InChI is InChI=1S/C12H22N4O2S2/c1-3-11-14-12(19-15-11)16-9-5-4-6-10(16)7-8-13-20(2,17)18/h10,13H,3-9H2,1-2H3. The molecule has 0 bridgehead atoms. The van der Waals surface area contributed by atoms with Crippen molar-refractivity contribution < 1.29 is 8.42 Å². The van der Waals surface area contributed by atoms with Gasteiger partial charge in [-0.05, 0) is 25.7 Å². The van der Waals surface area contributed by atoms with Crippen LogP contribution in [-0.2, 0) is 16.4 Å². The second kappa shape index (κ2) is 6.82. The van der Waals surface area contributed by atoms with Gasteiger partial charge in [0.25, 0.3) is 0 Å². The lowest BCUT2D eigenvalue weighted by Crippen LogP contribution is -2.41. The number of sulfonamides is 1. The molecule has 0 aliphatic carbocycles. The van der Waals surface area contributed by atoms with E-state index in [9.17, 15) is 8.42 Å². The fraction of sp³-hybridized carbons (Fsp3) is 0.833. The topological polar surface area (TPSA) is 75.2 Å². The zero-order valence-electron chi connectivity index (χ0n) is 12.0. The molecule has 0 aromatic carbocycles. The summed E-state index contributed by atoms with van der Waals surface area (Å²) in [5.41, 5.74) is 0. The van der Waals surface area contributed by atoms with Crippen LogP contribution in [0, 0.1) is 0 Å². The molecule has 1 saturated heterocycles. The molecule has 20 heavy (non-hydrogen) atoms. The molecule has 1 aliphatic heterocycles. The first-order valence-corrected chi connectivity index (χ1v) is 9.70. The molecule has 0 spiro atoms. The van der Waals surface area contributed by atoms with Crippen molar-refractivity contribution in [2.24, 2.45) is 0 Å². The SMILES string of the molecule is CCc1nsc(N2CCCCC2CCNS(C)(=O)=O)n1. The van der Waals surface area contributed by atoms with E-state index < -0.39 is 10.0 Å². The highest BCUT2D eigenvalue weighted by Gasteiger charge is 2.25. The first-order chi connectivity index (χ1) is 9.49. The molecule has 1 fully saturated rings. The predicted octanol–water partition coefficient (Wildman–Crippen LogP) is 1.40. The average Bonchev–Trinajstić information content (AvgIpc) is 2.86. The smallest absolute Gasteiger partial charge is 0.208 e. The molecule has 1 aromatic heterocycles. The van der Waals surface area contributed by atoms with Crippen LogP contribution in [0.2, 0.25) is 0 Å². The van der Waals surface area contributed by atoms with Crippen molar-refractivity contribution in [3.63, 3.8) is 0 Å². The second-order valence-electron chi connectivity index (χ2n) is 5.14. The molecule has 6 nitrogen and oxygen atoms in total. The minimum absolute atomic E-state index is 0.357. The van der Waals surface area contributed by atoms with Crippen LogP contribution in [0.15, 0.2) is 0 Å². The van der Waals surface area contributed by atoms with Gasteiger partial charge in [0.05, 0.1) is 6.26 Å². The Balaban J connectivity index is 1.98. The third-order valence-electron chi connectivity index (χ3n) is 3.49. The summed E-state index contributed by atoms with van der Waals surface area (Å²) in [4.78, 5) is 6.85. The summed E-state index contributed by atoms with van der Waals surface area (Å²) in [5, 5.41) is 0.978. The fourth-order valence-electron chi connectivity index (χ4n) is 2.47. The molecule has 1 aromatic rings. The van der Waals surface area contributed by atoms with E-state index in [4.69, 9.17) is 0 Å². The lowest BCUT2D eigenvalue weighted by molar-refractivity contribution is 0.436. The largest absolute Gasteiger partial charge is 0.344 e. The van der Waals surface area contributed by atoms with E-state index >= 15 is 0 Å². The molecular weight excluding hydrogens is 296 g/mol. The number of aromatic nitrogens is 2. The molecular formula is C12H22N4O2S2. The highest BCUT2D eigenvalue weighted by molar-refractivity contribution is 7.88. The maximum atomic E-state index is 11.1. The number of nitrogens with one attached hydrogen (secondary N) is 1. The summed E-state index contributed by atoms with van der Waals surface area (Å²) in [6.45, 7) is 3.52. The average molecular weight is 318 g/mol. The van der Waals surface area contributed by atoms with Crippen LogP contribution >= 0.6 is 11.5 Å². The lowest BCUT2D eigenvalue weighted by atomic mass is 10.0. The van der Waals surface area contributed by atoms with Crippen molar-refractivity contribution in [3.8, 4) is 0 Å². The van der Waals surface area contributed by atoms with Crippen molar-refractivity contribution in [1.82, 2.24) is 14.1 Å². The van der Waals surface area contributed by atoms with Crippen LogP contribution in [0.3, 0.4) is 0 Å². The molecule has 1 N–H and O–H groups in total. The summed E-state index contributed by atoms with van der Waals surface area (Å²) < 4.78 is 29.2. The molecule has 0 amide bonds. The zero-order valence-corrected chi connectivity index (χ0v) is 13.6. The number of anilines is 1. The molecule has 8 heteroatoms. The number of nitrogens with zero attached hydrogens (tertiary/aromatic N) is 3. The van der Waals surface area contributed by atoms with Gasteiger partial charge >= 0.3 is 0 Å². The van der Waals surface area contributed by atoms with E-state index in [1.54, 1.807) is 0 Å². The highest BCUT2D eigenvalue weighted by Crippen LogP contribution is 2.27. The molecule has 1 atom stereocenters. The summed E-state index contributed by atoms with van der Waals surface area (Å²) >= 11 is 1.45. The van der Waals surface area contributed by atoms with Crippen molar-refractivity contribution >= 4 is 26.7 Å². The number of hydrogen-bond donors (Lipinski definition) is 1. The van der Waals surface area contributed by atoms with E-state index in [0.29, 0.717) is 12.6 Å². The number of piperidine rings is 1. The van der Waals surface area contributed by atoms with E-state index in [-0.39, 0.29) is 0 Å². The molecule has 2 heterocycles. The molecule has 2 rings (SSSR count). The van der Waals surface area contributed by atoms with Crippen molar-refractivity contribution in [1.29, 1.82) is 0 Å². The van der Waals surface area contributed by atoms with Crippen molar-refractivity contribution in [3.05, 3.63) is 5.82 Å². The van der Waals surface area contributed by atoms with Gasteiger partial charge in [-0.1, -0.05) is 6.92 Å². The van der Waals surface area contributed by atoms with Gasteiger partial charge in [0, 0.05) is 37.1 Å². The first-order valence-electron chi connectivity index (χ1n) is 7.03. The molecule has 114 valence electrons. The lowest BCUT2D eigenvalue weighted by Gasteiger charge is -2.35. The minimum atomic E-state index is -3.10. The third-order valence-corrected chi connectivity index (χ3v) is 5.01. The molecule has 1 aliphatic rings. The molecule has 0 saturated carbocycles. The summed E-state index contributed by atoms with van der Waals surface area (Å²) in [5.74, 6) is 0.892. The Bertz CT molecular complexity index is 529. The van der Waals surface area contributed by atoms with Crippen molar-refractivity contribution in [2.75, 3.05) is 24.2 Å². The fourth-order valence-corrected chi connectivity index (χ4v) is 3.81. The van der Waals surface area contributed by atoms with Crippen LogP contribution in [0.4, 0.5) is 5.13 Å². The summed E-state index contributed by atoms with van der Waals surface area (Å²) in [6, 6.07) is 0.357. The van der Waals surface area contributed by atoms with Crippen LogP contribution in [0.25, 0.3) is 0 Å². The van der Waals surface area contributed by atoms with Gasteiger partial charge in [-0.3, -0.25) is 0 Å². The van der Waals surface area contributed by atoms with Gasteiger partial charge in [0.1, 0.15) is 5.82 Å². The highest BCUT2D eigenvalue weighted by atomic mass is 32.2. The van der Waals surface area contributed by atoms with Gasteiger partial charge < -0.3 is 4.90 Å². The maximum absolute atomic E-state index is 11.1. The summed E-state index contributed by atoms with van der Waals surface area (Å²) in [7, 11) is -3.10. The third kappa shape index (κ3) is 4.39. The van der Waals surface area contributed by atoms with E-state index in [1.807, 2.05) is 0 Å². The van der Waals surface area contributed by atoms with Gasteiger partial charge in [-0.2, -0.15) is 4.37 Å². The molecule has 1 unspecified atom stereocenters. The Morgan fingerprint density at radius 1 is 1.45 bits per heavy atom. The predicted molar refractivity (Wildman–Crippen MR) is 81.7 cm³/mol. The van der Waals surface area contributed by atoms with Crippen LogP contribution in [0.5, 0.6) is 0 Å². The van der Waals surface area contributed by atoms with E-state index in [0.717, 1.165) is 43.2 Å². The zero-order chi connectivity index (χ0) is 14.6. The Hall–Kier alpha value is -0.730. The quantitative estimate of drug-likeness (QED) is 0.858. The van der Waals surface area contributed by atoms with Gasteiger partial charge in [-0.25, -0.2) is 18.1 Å². The second-order valence-corrected chi connectivity index (χ2v) is 7.71.